The number of carbonyl (C=O) groups is 2. The summed E-state index contributed by atoms with van der Waals surface area (Å²) >= 11 is 6.04. The van der Waals surface area contributed by atoms with Gasteiger partial charge in [-0.3, -0.25) is 9.59 Å². The highest BCUT2D eigenvalue weighted by Gasteiger charge is 2.21. The van der Waals surface area contributed by atoms with Crippen LogP contribution in [0, 0.1) is 21.4 Å². The van der Waals surface area contributed by atoms with E-state index in [9.17, 15) is 28.2 Å². The van der Waals surface area contributed by atoms with Gasteiger partial charge in [-0.05, 0) is 52.8 Å². The molecule has 0 heterocycles. The van der Waals surface area contributed by atoms with E-state index >= 15 is 0 Å². The van der Waals surface area contributed by atoms with Crippen LogP contribution >= 0.6 is 31.9 Å². The fraction of sp³-hybridized carbons (Fsp3) is 0.0476. The van der Waals surface area contributed by atoms with Crippen LogP contribution in [-0.2, 0) is 0 Å². The first kappa shape index (κ1) is 25.1. The molecule has 9 nitrogen and oxygen atoms in total. The third-order valence-corrected chi connectivity index (χ3v) is 5.36. The molecule has 0 aliphatic carbocycles. The Morgan fingerprint density at radius 1 is 0.824 bits per heavy atom. The summed E-state index contributed by atoms with van der Waals surface area (Å²) in [4.78, 5) is 47.7. The van der Waals surface area contributed by atoms with E-state index in [1.54, 1.807) is 0 Å². The first-order valence-electron chi connectivity index (χ1n) is 9.14. The van der Waals surface area contributed by atoms with Gasteiger partial charge in [-0.2, -0.15) is 0 Å². The van der Waals surface area contributed by atoms with Crippen molar-refractivity contribution in [2.75, 3.05) is 17.7 Å². The van der Waals surface area contributed by atoms with Gasteiger partial charge in [0.05, 0.1) is 12.7 Å². The fourth-order valence-corrected chi connectivity index (χ4v) is 3.74. The van der Waals surface area contributed by atoms with Crippen molar-refractivity contribution in [3.05, 3.63) is 84.0 Å². The highest BCUT2D eigenvalue weighted by atomic mass is 79.9. The molecule has 0 unspecified atom stereocenters. The summed E-state index contributed by atoms with van der Waals surface area (Å²) in [5.41, 5.74) is -1.96. The summed E-state index contributed by atoms with van der Waals surface area (Å²) in [5.74, 6) is -3.60. The molecule has 2 amide bonds. The summed E-state index contributed by atoms with van der Waals surface area (Å²) in [6, 6.07) is 8.16. The van der Waals surface area contributed by atoms with Crippen molar-refractivity contribution in [3.63, 3.8) is 0 Å². The lowest BCUT2D eigenvalue weighted by Crippen LogP contribution is -2.17. The average Bonchev–Trinajstić information content (AvgIpc) is 2.81. The first-order valence-corrected chi connectivity index (χ1v) is 10.7. The highest BCUT2D eigenvalue weighted by Crippen LogP contribution is 2.34. The van der Waals surface area contributed by atoms with Crippen LogP contribution < -0.4 is 15.4 Å². The molecule has 3 aromatic carbocycles. The van der Waals surface area contributed by atoms with Gasteiger partial charge in [-0.15, -0.1) is 9.81 Å². The topological polar surface area (TPSA) is 126 Å². The zero-order valence-electron chi connectivity index (χ0n) is 17.0. The molecule has 3 rings (SSSR count). The van der Waals surface area contributed by atoms with E-state index in [2.05, 4.69) is 52.8 Å². The number of hydrogen-bond donors (Lipinski definition) is 2. The van der Waals surface area contributed by atoms with E-state index in [0.717, 1.165) is 18.2 Å². The number of rotatable bonds is 7. The van der Waals surface area contributed by atoms with Crippen LogP contribution in [-0.4, -0.2) is 18.9 Å². The molecule has 2 N–H and O–H groups in total. The van der Waals surface area contributed by atoms with E-state index in [1.165, 1.54) is 31.4 Å². The minimum atomic E-state index is -0.926. The van der Waals surface area contributed by atoms with Gasteiger partial charge in [0.1, 0.15) is 40.1 Å². The molecule has 0 aliphatic heterocycles. The van der Waals surface area contributed by atoms with Crippen LogP contribution in [0.3, 0.4) is 0 Å². The number of methoxy groups -OCH3 is 1. The van der Waals surface area contributed by atoms with Crippen molar-refractivity contribution >= 4 is 66.4 Å². The summed E-state index contributed by atoms with van der Waals surface area (Å²) < 4.78 is 34.2. The quantitative estimate of drug-likeness (QED) is 0.290. The smallest absolute Gasteiger partial charge is 0.259 e. The number of benzene rings is 3. The molecule has 0 aliphatic rings. The van der Waals surface area contributed by atoms with E-state index < -0.39 is 34.8 Å². The van der Waals surface area contributed by atoms with Crippen molar-refractivity contribution < 1.29 is 23.1 Å². The predicted octanol–water partition coefficient (Wildman–Crippen LogP) is 6.80. The van der Waals surface area contributed by atoms with Crippen LogP contribution in [0.1, 0.15) is 20.7 Å². The maximum absolute atomic E-state index is 14.3. The number of nitrogens with one attached hydrogen (secondary N) is 2. The predicted molar refractivity (Wildman–Crippen MR) is 128 cm³/mol. The van der Waals surface area contributed by atoms with Gasteiger partial charge in [0.25, 0.3) is 11.8 Å². The van der Waals surface area contributed by atoms with Crippen LogP contribution in [0.25, 0.3) is 0 Å². The highest BCUT2D eigenvalue weighted by molar-refractivity contribution is 9.10. The largest absolute Gasteiger partial charge is 0.496 e. The molecule has 0 atom stereocenters. The Bertz CT molecular complexity index is 1340. The number of halogens is 4. The third-order valence-electron chi connectivity index (χ3n) is 4.45. The molecule has 13 heteroatoms. The maximum Gasteiger partial charge on any atom is 0.259 e. The fourth-order valence-electron chi connectivity index (χ4n) is 2.90. The molecule has 0 fully saturated rings. The average molecular weight is 598 g/mol. The standard InChI is InChI=1S/C21H12Br2F2N4O5/c1-34-17-3-2-9(20(30)26-18-13(24)5-10(22)7-15(18)28-32)4-12(17)21(31)27-19-14(25)6-11(23)8-16(19)29-33/h2-8H,1H3,(H,26,30)(H,27,31). The first-order chi connectivity index (χ1) is 16.2. The second-order valence-corrected chi connectivity index (χ2v) is 8.40. The number of nitrogens with zero attached hydrogens (tertiary/aromatic N) is 2. The molecule has 0 radical (unpaired) electrons. The normalized spacial score (nSPS) is 10.4. The Morgan fingerprint density at radius 2 is 1.32 bits per heavy atom. The second-order valence-electron chi connectivity index (χ2n) is 6.57. The number of nitroso groups, excluding NO2 is 2. The van der Waals surface area contributed by atoms with Crippen molar-refractivity contribution in [1.82, 2.24) is 0 Å². The molecular weight excluding hydrogens is 586 g/mol. The van der Waals surface area contributed by atoms with Crippen LogP contribution in [0.2, 0.25) is 0 Å². The number of amides is 2. The van der Waals surface area contributed by atoms with Gasteiger partial charge in [-0.25, -0.2) is 8.78 Å². The van der Waals surface area contributed by atoms with Crippen LogP contribution in [0.5, 0.6) is 5.75 Å². The minimum Gasteiger partial charge on any atom is -0.496 e. The van der Waals surface area contributed by atoms with Gasteiger partial charge in [0.15, 0.2) is 0 Å². The molecule has 0 saturated carbocycles. The molecule has 34 heavy (non-hydrogen) atoms. The number of carbonyl (C=O) groups excluding carboxylic acids is 2. The Labute approximate surface area is 207 Å². The molecule has 0 aromatic heterocycles. The Kier molecular flexibility index (Phi) is 7.79. The van der Waals surface area contributed by atoms with E-state index in [-0.39, 0.29) is 37.2 Å². The molecule has 0 bridgehead atoms. The Morgan fingerprint density at radius 3 is 1.79 bits per heavy atom. The molecule has 3 aromatic rings. The third kappa shape index (κ3) is 5.31. The van der Waals surface area contributed by atoms with Gasteiger partial charge >= 0.3 is 0 Å². The summed E-state index contributed by atoms with van der Waals surface area (Å²) in [6.45, 7) is 0. The monoisotopic (exact) mass is 596 g/mol. The van der Waals surface area contributed by atoms with Gasteiger partial charge in [0, 0.05) is 14.5 Å². The molecule has 174 valence electrons. The number of hydrogen-bond acceptors (Lipinski definition) is 7. The zero-order chi connectivity index (χ0) is 25.0. The van der Waals surface area contributed by atoms with Crippen molar-refractivity contribution in [2.24, 2.45) is 10.4 Å². The van der Waals surface area contributed by atoms with Gasteiger partial charge in [-0.1, -0.05) is 31.9 Å². The molecular formula is C21H12Br2F2N4O5. The SMILES string of the molecule is COc1ccc(C(=O)Nc2c(F)cc(Br)cc2N=O)cc1C(=O)Nc1c(F)cc(Br)cc1N=O. The van der Waals surface area contributed by atoms with Crippen molar-refractivity contribution in [2.45, 2.75) is 0 Å². The second kappa shape index (κ2) is 10.6. The van der Waals surface area contributed by atoms with Crippen molar-refractivity contribution in [1.29, 1.82) is 0 Å². The van der Waals surface area contributed by atoms with Crippen molar-refractivity contribution in [3.8, 4) is 5.75 Å². The van der Waals surface area contributed by atoms with Crippen LogP contribution in [0.4, 0.5) is 31.5 Å². The Hall–Kier alpha value is -3.58. The van der Waals surface area contributed by atoms with Gasteiger partial charge in [0.2, 0.25) is 0 Å². The lowest BCUT2D eigenvalue weighted by atomic mass is 10.1. The Balaban J connectivity index is 1.96. The summed E-state index contributed by atoms with van der Waals surface area (Å²) in [5, 5.41) is 9.87. The lowest BCUT2D eigenvalue weighted by molar-refractivity contribution is 0.102. The van der Waals surface area contributed by atoms with E-state index in [1.807, 2.05) is 0 Å². The maximum atomic E-state index is 14.3. The van der Waals surface area contributed by atoms with E-state index in [0.29, 0.717) is 0 Å². The number of anilines is 2. The van der Waals surface area contributed by atoms with Gasteiger partial charge < -0.3 is 15.4 Å². The molecule has 0 spiro atoms. The molecule has 0 saturated heterocycles. The lowest BCUT2D eigenvalue weighted by Gasteiger charge is -2.13. The number of ether oxygens (including phenoxy) is 1. The zero-order valence-corrected chi connectivity index (χ0v) is 20.2. The summed E-state index contributed by atoms with van der Waals surface area (Å²) in [6.07, 6.45) is 0. The van der Waals surface area contributed by atoms with E-state index in [4.69, 9.17) is 4.74 Å². The van der Waals surface area contributed by atoms with Crippen LogP contribution in [0.15, 0.2) is 61.8 Å². The minimum absolute atomic E-state index is 0.0252. The summed E-state index contributed by atoms with van der Waals surface area (Å²) in [7, 11) is 1.27.